The largest absolute Gasteiger partial charge is 0.323 e. The van der Waals surface area contributed by atoms with Gasteiger partial charge in [-0.25, -0.2) is 0 Å². The summed E-state index contributed by atoms with van der Waals surface area (Å²) in [5.74, 6) is 0.775. The molecule has 0 saturated heterocycles. The van der Waals surface area contributed by atoms with E-state index in [1.807, 2.05) is 26.0 Å². The number of rotatable bonds is 1. The molecule has 1 unspecified atom stereocenters. The van der Waals surface area contributed by atoms with Crippen molar-refractivity contribution in [1.82, 2.24) is 19.8 Å². The SMILES string of the molecule is Cc1nnc2ccc(C(C)N)nn12. The molecule has 2 rings (SSSR count). The van der Waals surface area contributed by atoms with E-state index in [9.17, 15) is 0 Å². The molecule has 0 amide bonds. The van der Waals surface area contributed by atoms with Gasteiger partial charge in [-0.2, -0.15) is 9.61 Å². The highest BCUT2D eigenvalue weighted by Gasteiger charge is 2.05. The van der Waals surface area contributed by atoms with Crippen molar-refractivity contribution in [3.8, 4) is 0 Å². The van der Waals surface area contributed by atoms with Crippen LogP contribution in [0.15, 0.2) is 12.1 Å². The second-order valence-corrected chi connectivity index (χ2v) is 3.06. The maximum Gasteiger partial charge on any atom is 0.177 e. The Kier molecular flexibility index (Phi) is 1.73. The maximum absolute atomic E-state index is 5.71. The summed E-state index contributed by atoms with van der Waals surface area (Å²) < 4.78 is 1.69. The first-order chi connectivity index (χ1) is 6.18. The monoisotopic (exact) mass is 177 g/mol. The van der Waals surface area contributed by atoms with Gasteiger partial charge in [0.05, 0.1) is 5.69 Å². The fourth-order valence-corrected chi connectivity index (χ4v) is 1.15. The lowest BCUT2D eigenvalue weighted by atomic mass is 10.2. The lowest BCUT2D eigenvalue weighted by Crippen LogP contribution is -2.10. The fourth-order valence-electron chi connectivity index (χ4n) is 1.15. The maximum atomic E-state index is 5.71. The molecule has 2 aromatic rings. The van der Waals surface area contributed by atoms with Crippen LogP contribution in [0.2, 0.25) is 0 Å². The smallest absolute Gasteiger partial charge is 0.177 e. The van der Waals surface area contributed by atoms with Crippen molar-refractivity contribution < 1.29 is 0 Å². The van der Waals surface area contributed by atoms with Crippen molar-refractivity contribution in [2.24, 2.45) is 5.73 Å². The van der Waals surface area contributed by atoms with E-state index in [-0.39, 0.29) is 6.04 Å². The standard InChI is InChI=1S/C8H11N5/c1-5(9)7-3-4-8-11-10-6(2)13(8)12-7/h3-5H,9H2,1-2H3. The van der Waals surface area contributed by atoms with E-state index in [0.717, 1.165) is 17.2 Å². The van der Waals surface area contributed by atoms with Crippen molar-refractivity contribution >= 4 is 5.65 Å². The van der Waals surface area contributed by atoms with Gasteiger partial charge in [-0.15, -0.1) is 10.2 Å². The first-order valence-corrected chi connectivity index (χ1v) is 4.13. The van der Waals surface area contributed by atoms with Crippen LogP contribution in [0.5, 0.6) is 0 Å². The van der Waals surface area contributed by atoms with Gasteiger partial charge in [-0.1, -0.05) is 0 Å². The topological polar surface area (TPSA) is 69.1 Å². The van der Waals surface area contributed by atoms with Gasteiger partial charge in [0, 0.05) is 6.04 Å². The molecule has 0 aliphatic heterocycles. The Labute approximate surface area is 75.6 Å². The van der Waals surface area contributed by atoms with E-state index in [2.05, 4.69) is 15.3 Å². The molecule has 5 nitrogen and oxygen atoms in total. The summed E-state index contributed by atoms with van der Waals surface area (Å²) in [7, 11) is 0. The number of aryl methyl sites for hydroxylation is 1. The van der Waals surface area contributed by atoms with Crippen molar-refractivity contribution in [3.05, 3.63) is 23.7 Å². The third kappa shape index (κ3) is 1.27. The number of hydrogen-bond acceptors (Lipinski definition) is 4. The lowest BCUT2D eigenvalue weighted by Gasteiger charge is -2.03. The van der Waals surface area contributed by atoms with Crippen molar-refractivity contribution in [2.45, 2.75) is 19.9 Å². The Morgan fingerprint density at radius 1 is 1.38 bits per heavy atom. The molecule has 1 atom stereocenters. The Hall–Kier alpha value is -1.49. The summed E-state index contributed by atoms with van der Waals surface area (Å²) in [6, 6.07) is 3.67. The summed E-state index contributed by atoms with van der Waals surface area (Å²) in [5, 5.41) is 12.1. The van der Waals surface area contributed by atoms with Crippen LogP contribution < -0.4 is 5.73 Å². The number of fused-ring (bicyclic) bond motifs is 1. The van der Waals surface area contributed by atoms with Crippen LogP contribution in [0.25, 0.3) is 5.65 Å². The molecular weight excluding hydrogens is 166 g/mol. The average molecular weight is 177 g/mol. The minimum absolute atomic E-state index is 0.0637. The second kappa shape index (κ2) is 2.77. The number of hydrogen-bond donors (Lipinski definition) is 1. The Morgan fingerprint density at radius 2 is 2.15 bits per heavy atom. The molecule has 0 aliphatic carbocycles. The highest BCUT2D eigenvalue weighted by atomic mass is 15.4. The molecule has 0 spiro atoms. The van der Waals surface area contributed by atoms with Gasteiger partial charge >= 0.3 is 0 Å². The number of nitrogens with zero attached hydrogens (tertiary/aromatic N) is 4. The van der Waals surface area contributed by atoms with Gasteiger partial charge in [0.25, 0.3) is 0 Å². The summed E-state index contributed by atoms with van der Waals surface area (Å²) in [4.78, 5) is 0. The van der Waals surface area contributed by atoms with Gasteiger partial charge in [-0.3, -0.25) is 0 Å². The summed E-state index contributed by atoms with van der Waals surface area (Å²) >= 11 is 0. The Balaban J connectivity index is 2.66. The van der Waals surface area contributed by atoms with E-state index >= 15 is 0 Å². The van der Waals surface area contributed by atoms with E-state index in [1.54, 1.807) is 4.52 Å². The average Bonchev–Trinajstić information content (AvgIpc) is 2.47. The Bertz CT molecular complexity index is 431. The minimum Gasteiger partial charge on any atom is -0.323 e. The molecule has 0 saturated carbocycles. The molecule has 2 N–H and O–H groups in total. The normalized spacial score (nSPS) is 13.5. The highest BCUT2D eigenvalue weighted by molar-refractivity contribution is 5.36. The van der Waals surface area contributed by atoms with E-state index in [1.165, 1.54) is 0 Å². The van der Waals surface area contributed by atoms with Gasteiger partial charge < -0.3 is 5.73 Å². The summed E-state index contributed by atoms with van der Waals surface area (Å²) in [6.45, 7) is 3.76. The zero-order valence-corrected chi connectivity index (χ0v) is 7.60. The lowest BCUT2D eigenvalue weighted by molar-refractivity contribution is 0.726. The molecule has 0 aliphatic rings. The molecule has 13 heavy (non-hydrogen) atoms. The van der Waals surface area contributed by atoms with E-state index in [4.69, 9.17) is 5.73 Å². The zero-order chi connectivity index (χ0) is 9.42. The molecule has 2 heterocycles. The minimum atomic E-state index is -0.0637. The van der Waals surface area contributed by atoms with Crippen LogP contribution in [0.4, 0.5) is 0 Å². The van der Waals surface area contributed by atoms with Crippen LogP contribution in [0, 0.1) is 6.92 Å². The van der Waals surface area contributed by atoms with Gasteiger partial charge in [-0.05, 0) is 26.0 Å². The second-order valence-electron chi connectivity index (χ2n) is 3.06. The van der Waals surface area contributed by atoms with Crippen LogP contribution in [-0.2, 0) is 0 Å². The van der Waals surface area contributed by atoms with Crippen molar-refractivity contribution in [3.63, 3.8) is 0 Å². The zero-order valence-electron chi connectivity index (χ0n) is 7.60. The van der Waals surface area contributed by atoms with Crippen LogP contribution >= 0.6 is 0 Å². The Morgan fingerprint density at radius 3 is 2.85 bits per heavy atom. The molecule has 5 heteroatoms. The summed E-state index contributed by atoms with van der Waals surface area (Å²) in [5.41, 5.74) is 7.30. The van der Waals surface area contributed by atoms with Crippen LogP contribution in [-0.4, -0.2) is 19.8 Å². The molecule has 0 radical (unpaired) electrons. The number of aromatic nitrogens is 4. The van der Waals surface area contributed by atoms with Gasteiger partial charge in [0.2, 0.25) is 0 Å². The molecule has 0 bridgehead atoms. The molecule has 0 fully saturated rings. The highest BCUT2D eigenvalue weighted by Crippen LogP contribution is 2.07. The van der Waals surface area contributed by atoms with Gasteiger partial charge in [0.15, 0.2) is 11.5 Å². The van der Waals surface area contributed by atoms with Gasteiger partial charge in [0.1, 0.15) is 0 Å². The molecular formula is C8H11N5. The quantitative estimate of drug-likeness (QED) is 0.686. The van der Waals surface area contributed by atoms with E-state index < -0.39 is 0 Å². The van der Waals surface area contributed by atoms with Crippen LogP contribution in [0.1, 0.15) is 24.5 Å². The van der Waals surface area contributed by atoms with Crippen LogP contribution in [0.3, 0.4) is 0 Å². The third-order valence-corrected chi connectivity index (χ3v) is 1.91. The first kappa shape index (κ1) is 8.12. The van der Waals surface area contributed by atoms with Crippen molar-refractivity contribution in [1.29, 1.82) is 0 Å². The first-order valence-electron chi connectivity index (χ1n) is 4.13. The molecule has 68 valence electrons. The predicted octanol–water partition coefficient (Wildman–Crippen LogP) is 0.452. The molecule has 0 aromatic carbocycles. The fraction of sp³-hybridized carbons (Fsp3) is 0.375. The van der Waals surface area contributed by atoms with E-state index in [0.29, 0.717) is 0 Å². The third-order valence-electron chi connectivity index (χ3n) is 1.91. The van der Waals surface area contributed by atoms with Crippen molar-refractivity contribution in [2.75, 3.05) is 0 Å². The predicted molar refractivity (Wildman–Crippen MR) is 48.1 cm³/mol. The molecule has 2 aromatic heterocycles. The number of nitrogens with two attached hydrogens (primary N) is 1. The summed E-state index contributed by atoms with van der Waals surface area (Å²) in [6.07, 6.45) is 0.